The van der Waals surface area contributed by atoms with Gasteiger partial charge in [0.05, 0.1) is 12.8 Å². The first-order valence-electron chi connectivity index (χ1n) is 6.21. The molecule has 2 aromatic rings. The van der Waals surface area contributed by atoms with Crippen molar-refractivity contribution < 1.29 is 9.84 Å². The van der Waals surface area contributed by atoms with Crippen LogP contribution in [0, 0.1) is 13.8 Å². The summed E-state index contributed by atoms with van der Waals surface area (Å²) in [6, 6.07) is 8.35. The third-order valence-electron chi connectivity index (χ3n) is 3.29. The van der Waals surface area contributed by atoms with Crippen molar-refractivity contribution >= 4 is 5.76 Å². The van der Waals surface area contributed by atoms with Gasteiger partial charge in [-0.1, -0.05) is 18.7 Å². The van der Waals surface area contributed by atoms with Gasteiger partial charge < -0.3 is 9.84 Å². The average molecular weight is 271 g/mol. The SMILES string of the molecule is C=C(OC)c1cccc(-n2c(C)cc(O)cc2=O)c1C. The summed E-state index contributed by atoms with van der Waals surface area (Å²) in [5.74, 6) is 0.521. The average Bonchev–Trinajstić information content (AvgIpc) is 2.38. The van der Waals surface area contributed by atoms with E-state index in [4.69, 9.17) is 4.74 Å². The minimum atomic E-state index is -0.272. The summed E-state index contributed by atoms with van der Waals surface area (Å²) < 4.78 is 6.72. The van der Waals surface area contributed by atoms with Crippen LogP contribution in [0.1, 0.15) is 16.8 Å². The molecular formula is C16H17NO3. The fourth-order valence-electron chi connectivity index (χ4n) is 2.27. The number of benzene rings is 1. The van der Waals surface area contributed by atoms with Crippen molar-refractivity contribution in [1.82, 2.24) is 4.57 Å². The van der Waals surface area contributed by atoms with E-state index in [0.717, 1.165) is 16.8 Å². The molecule has 0 spiro atoms. The zero-order valence-corrected chi connectivity index (χ0v) is 11.8. The molecule has 20 heavy (non-hydrogen) atoms. The summed E-state index contributed by atoms with van der Waals surface area (Å²) in [5.41, 5.74) is 2.90. The van der Waals surface area contributed by atoms with Crippen LogP contribution in [0.3, 0.4) is 0 Å². The standard InChI is InChI=1S/C16H17NO3/c1-10-8-13(18)9-16(19)17(10)15-7-5-6-14(11(15)2)12(3)20-4/h5-9,18H,3H2,1-2,4H3. The molecule has 2 rings (SSSR count). The van der Waals surface area contributed by atoms with E-state index in [0.29, 0.717) is 11.5 Å². The van der Waals surface area contributed by atoms with Crippen LogP contribution in [0.5, 0.6) is 5.75 Å². The molecule has 104 valence electrons. The maximum atomic E-state index is 12.1. The minimum Gasteiger partial charge on any atom is -0.508 e. The molecule has 0 bridgehead atoms. The minimum absolute atomic E-state index is 0.0288. The van der Waals surface area contributed by atoms with Crippen LogP contribution in [-0.4, -0.2) is 16.8 Å². The Morgan fingerprint density at radius 1 is 1.30 bits per heavy atom. The first kappa shape index (κ1) is 13.9. The van der Waals surface area contributed by atoms with E-state index in [1.54, 1.807) is 24.7 Å². The summed E-state index contributed by atoms with van der Waals surface area (Å²) in [6.07, 6.45) is 0. The third-order valence-corrected chi connectivity index (χ3v) is 3.29. The van der Waals surface area contributed by atoms with E-state index in [1.165, 1.54) is 6.07 Å². The molecule has 0 saturated carbocycles. The molecule has 1 heterocycles. The van der Waals surface area contributed by atoms with Gasteiger partial charge in [0, 0.05) is 17.3 Å². The van der Waals surface area contributed by atoms with Crippen LogP contribution in [0.2, 0.25) is 0 Å². The summed E-state index contributed by atoms with van der Waals surface area (Å²) in [7, 11) is 1.56. The van der Waals surface area contributed by atoms with E-state index in [1.807, 2.05) is 25.1 Å². The molecule has 0 atom stereocenters. The zero-order chi connectivity index (χ0) is 14.9. The first-order chi connectivity index (χ1) is 9.45. The van der Waals surface area contributed by atoms with Crippen molar-refractivity contribution in [3.8, 4) is 11.4 Å². The Morgan fingerprint density at radius 3 is 2.60 bits per heavy atom. The van der Waals surface area contributed by atoms with E-state index in [-0.39, 0.29) is 11.3 Å². The smallest absolute Gasteiger partial charge is 0.258 e. The summed E-state index contributed by atoms with van der Waals surface area (Å²) in [5, 5.41) is 9.47. The Bertz CT molecular complexity index is 729. The molecular weight excluding hydrogens is 254 g/mol. The third kappa shape index (κ3) is 2.32. The van der Waals surface area contributed by atoms with Gasteiger partial charge in [-0.05, 0) is 31.5 Å². The van der Waals surface area contributed by atoms with Crippen LogP contribution >= 0.6 is 0 Å². The Hall–Kier alpha value is -2.49. The van der Waals surface area contributed by atoms with Gasteiger partial charge >= 0.3 is 0 Å². The van der Waals surface area contributed by atoms with Gasteiger partial charge in [-0.25, -0.2) is 0 Å². The number of nitrogens with zero attached hydrogens (tertiary/aromatic N) is 1. The molecule has 1 N–H and O–H groups in total. The fraction of sp³-hybridized carbons (Fsp3) is 0.188. The van der Waals surface area contributed by atoms with Crippen molar-refractivity contribution in [3.05, 3.63) is 64.1 Å². The molecule has 1 aromatic carbocycles. The summed E-state index contributed by atoms with van der Waals surface area (Å²) in [6.45, 7) is 7.53. The Labute approximate surface area is 117 Å². The van der Waals surface area contributed by atoms with Crippen LogP contribution < -0.4 is 5.56 Å². The van der Waals surface area contributed by atoms with Crippen molar-refractivity contribution in [1.29, 1.82) is 0 Å². The summed E-state index contributed by atoms with van der Waals surface area (Å²) in [4.78, 5) is 12.1. The molecule has 0 aliphatic carbocycles. The maximum absolute atomic E-state index is 12.1. The first-order valence-corrected chi connectivity index (χ1v) is 6.21. The van der Waals surface area contributed by atoms with Crippen LogP contribution in [0.4, 0.5) is 0 Å². The molecule has 0 aliphatic heterocycles. The Kier molecular flexibility index (Phi) is 3.66. The zero-order valence-electron chi connectivity index (χ0n) is 11.8. The van der Waals surface area contributed by atoms with Gasteiger partial charge in [-0.3, -0.25) is 9.36 Å². The summed E-state index contributed by atoms with van der Waals surface area (Å²) >= 11 is 0. The molecule has 0 radical (unpaired) electrons. The molecule has 0 saturated heterocycles. The highest BCUT2D eigenvalue weighted by atomic mass is 16.5. The lowest BCUT2D eigenvalue weighted by Crippen LogP contribution is -2.20. The molecule has 4 heteroatoms. The molecule has 4 nitrogen and oxygen atoms in total. The molecule has 0 fully saturated rings. The van der Waals surface area contributed by atoms with Gasteiger partial charge in [0.1, 0.15) is 11.5 Å². The lowest BCUT2D eigenvalue weighted by atomic mass is 10.0. The van der Waals surface area contributed by atoms with Crippen molar-refractivity contribution in [2.45, 2.75) is 13.8 Å². The van der Waals surface area contributed by atoms with E-state index < -0.39 is 0 Å². The van der Waals surface area contributed by atoms with E-state index in [2.05, 4.69) is 6.58 Å². The number of rotatable bonds is 3. The van der Waals surface area contributed by atoms with Gasteiger partial charge in [-0.15, -0.1) is 0 Å². The number of ether oxygens (including phenoxy) is 1. The molecule has 1 aromatic heterocycles. The van der Waals surface area contributed by atoms with E-state index in [9.17, 15) is 9.90 Å². The lowest BCUT2D eigenvalue weighted by molar-refractivity contribution is 0.371. The highest BCUT2D eigenvalue weighted by Crippen LogP contribution is 2.24. The highest BCUT2D eigenvalue weighted by molar-refractivity contribution is 5.65. The molecule has 0 aliphatic rings. The molecule has 0 amide bonds. The van der Waals surface area contributed by atoms with Crippen LogP contribution in [0.25, 0.3) is 11.4 Å². The number of aromatic nitrogens is 1. The fourth-order valence-corrected chi connectivity index (χ4v) is 2.27. The predicted molar refractivity (Wildman–Crippen MR) is 79.2 cm³/mol. The van der Waals surface area contributed by atoms with Gasteiger partial charge in [0.25, 0.3) is 5.56 Å². The number of aryl methyl sites for hydroxylation is 1. The second-order valence-corrected chi connectivity index (χ2v) is 4.61. The van der Waals surface area contributed by atoms with E-state index >= 15 is 0 Å². The van der Waals surface area contributed by atoms with Gasteiger partial charge in [-0.2, -0.15) is 0 Å². The second-order valence-electron chi connectivity index (χ2n) is 4.61. The van der Waals surface area contributed by atoms with Crippen molar-refractivity contribution in [3.63, 3.8) is 0 Å². The Morgan fingerprint density at radius 2 is 2.00 bits per heavy atom. The molecule has 0 unspecified atom stereocenters. The largest absolute Gasteiger partial charge is 0.508 e. The lowest BCUT2D eigenvalue weighted by Gasteiger charge is -2.16. The van der Waals surface area contributed by atoms with Crippen molar-refractivity contribution in [2.24, 2.45) is 0 Å². The van der Waals surface area contributed by atoms with Crippen molar-refractivity contribution in [2.75, 3.05) is 7.11 Å². The quantitative estimate of drug-likeness (QED) is 0.873. The number of hydrogen-bond acceptors (Lipinski definition) is 3. The maximum Gasteiger partial charge on any atom is 0.258 e. The number of methoxy groups -OCH3 is 1. The van der Waals surface area contributed by atoms with Gasteiger partial charge in [0.15, 0.2) is 0 Å². The topological polar surface area (TPSA) is 51.5 Å². The van der Waals surface area contributed by atoms with Crippen LogP contribution in [-0.2, 0) is 4.74 Å². The second kappa shape index (κ2) is 5.25. The van der Waals surface area contributed by atoms with Crippen LogP contribution in [0.15, 0.2) is 41.7 Å². The number of aromatic hydroxyl groups is 1. The number of hydrogen-bond donors (Lipinski definition) is 1. The normalized spacial score (nSPS) is 10.3. The highest BCUT2D eigenvalue weighted by Gasteiger charge is 2.12. The monoisotopic (exact) mass is 271 g/mol. The number of pyridine rings is 1. The Balaban J connectivity index is 2.72. The van der Waals surface area contributed by atoms with Gasteiger partial charge in [0.2, 0.25) is 0 Å². The predicted octanol–water partition coefficient (Wildman–Crippen LogP) is 2.78.